The fourth-order valence-corrected chi connectivity index (χ4v) is 1.87. The van der Waals surface area contributed by atoms with Gasteiger partial charge in [-0.3, -0.25) is 10.0 Å². The van der Waals surface area contributed by atoms with Gasteiger partial charge >= 0.3 is 5.97 Å². The van der Waals surface area contributed by atoms with Crippen molar-refractivity contribution in [2.45, 2.75) is 0 Å². The van der Waals surface area contributed by atoms with Crippen molar-refractivity contribution in [1.82, 2.24) is 10.0 Å². The zero-order valence-corrected chi connectivity index (χ0v) is 7.92. The first kappa shape index (κ1) is 8.28. The van der Waals surface area contributed by atoms with Crippen molar-refractivity contribution in [3.8, 4) is 0 Å². The second-order valence-corrected chi connectivity index (χ2v) is 3.55. The highest BCUT2D eigenvalue weighted by Crippen LogP contribution is 2.26. The molecule has 5 heteroatoms. The van der Waals surface area contributed by atoms with Crippen molar-refractivity contribution >= 4 is 11.8 Å². The molecule has 0 saturated heterocycles. The van der Waals surface area contributed by atoms with E-state index in [0.29, 0.717) is 5.57 Å². The summed E-state index contributed by atoms with van der Waals surface area (Å²) in [5.41, 5.74) is 1.22. The molecule has 0 unspecified atom stereocenters. The van der Waals surface area contributed by atoms with Crippen LogP contribution in [0.3, 0.4) is 0 Å². The summed E-state index contributed by atoms with van der Waals surface area (Å²) in [6.07, 6.45) is 7.59. The minimum Gasteiger partial charge on any atom is -0.478 e. The third kappa shape index (κ3) is 1.09. The third-order valence-corrected chi connectivity index (χ3v) is 2.58. The third-order valence-electron chi connectivity index (χ3n) is 2.58. The molecule has 0 aromatic rings. The van der Waals surface area contributed by atoms with Crippen LogP contribution >= 0.6 is 0 Å². The molecule has 0 amide bonds. The molecule has 0 aliphatic carbocycles. The van der Waals surface area contributed by atoms with E-state index in [1.165, 1.54) is 0 Å². The van der Waals surface area contributed by atoms with Crippen LogP contribution in [0.1, 0.15) is 0 Å². The van der Waals surface area contributed by atoms with Crippen LogP contribution in [0, 0.1) is 0 Å². The normalized spacial score (nSPS) is 22.0. The van der Waals surface area contributed by atoms with Gasteiger partial charge in [0, 0.05) is 18.0 Å². The van der Waals surface area contributed by atoms with E-state index in [1.807, 2.05) is 28.5 Å². The molecule has 3 heterocycles. The largest absolute Gasteiger partial charge is 0.478 e. The Morgan fingerprint density at radius 1 is 1.53 bits per heavy atom. The smallest absolute Gasteiger partial charge is 0.333 e. The van der Waals surface area contributed by atoms with Crippen LogP contribution in [0.2, 0.25) is 0 Å². The average molecular weight is 203 g/mol. The molecule has 0 saturated carbocycles. The van der Waals surface area contributed by atoms with Crippen LogP contribution in [-0.4, -0.2) is 40.0 Å². The van der Waals surface area contributed by atoms with Crippen molar-refractivity contribution in [2.75, 3.05) is 13.1 Å². The second kappa shape index (κ2) is 2.73. The highest BCUT2D eigenvalue weighted by Gasteiger charge is 2.30. The molecule has 0 aromatic carbocycles. The molecule has 3 aliphatic rings. The molecule has 0 fully saturated rings. The van der Waals surface area contributed by atoms with E-state index in [4.69, 9.17) is 5.11 Å². The van der Waals surface area contributed by atoms with Crippen LogP contribution < -0.4 is 0 Å². The van der Waals surface area contributed by atoms with Crippen LogP contribution in [0.4, 0.5) is 0 Å². The number of dihydropyridines is 1. The molecule has 15 heavy (non-hydrogen) atoms. The first-order valence-electron chi connectivity index (χ1n) is 4.68. The minimum atomic E-state index is -0.892. The lowest BCUT2D eigenvalue weighted by atomic mass is 10.1. The summed E-state index contributed by atoms with van der Waals surface area (Å²) in [5, 5.41) is 12.8. The molecule has 0 radical (unpaired) electrons. The SMILES string of the molecule is O=C(O)C1=CC2=CN3CC=CN3C2=NC1. The van der Waals surface area contributed by atoms with Gasteiger partial charge in [0.1, 0.15) is 0 Å². The van der Waals surface area contributed by atoms with Crippen molar-refractivity contribution in [3.63, 3.8) is 0 Å². The second-order valence-electron chi connectivity index (χ2n) is 3.55. The molecule has 3 aliphatic heterocycles. The molecular formula is C10H9N3O2. The number of nitrogens with zero attached hydrogens (tertiary/aromatic N) is 3. The molecule has 3 rings (SSSR count). The number of fused-ring (bicyclic) bond motifs is 3. The monoisotopic (exact) mass is 203 g/mol. The number of carboxylic acids is 1. The molecule has 0 aromatic heterocycles. The maximum absolute atomic E-state index is 10.8. The van der Waals surface area contributed by atoms with Gasteiger partial charge in [-0.05, 0) is 12.2 Å². The lowest BCUT2D eigenvalue weighted by Gasteiger charge is -2.22. The van der Waals surface area contributed by atoms with E-state index in [2.05, 4.69) is 4.99 Å². The predicted octanol–water partition coefficient (Wildman–Crippen LogP) is 0.353. The molecule has 5 nitrogen and oxygen atoms in total. The number of aliphatic imine (C=N–C) groups is 1. The lowest BCUT2D eigenvalue weighted by Crippen LogP contribution is -2.31. The van der Waals surface area contributed by atoms with Gasteiger partial charge in [0.2, 0.25) is 0 Å². The van der Waals surface area contributed by atoms with E-state index in [9.17, 15) is 4.79 Å². The Morgan fingerprint density at radius 2 is 2.40 bits per heavy atom. The van der Waals surface area contributed by atoms with Crippen molar-refractivity contribution in [2.24, 2.45) is 4.99 Å². The number of carbonyl (C=O) groups is 1. The van der Waals surface area contributed by atoms with Gasteiger partial charge in [-0.15, -0.1) is 0 Å². The fourth-order valence-electron chi connectivity index (χ4n) is 1.87. The Morgan fingerprint density at radius 3 is 3.20 bits per heavy atom. The van der Waals surface area contributed by atoms with Gasteiger partial charge in [-0.2, -0.15) is 0 Å². The summed E-state index contributed by atoms with van der Waals surface area (Å²) < 4.78 is 0. The zero-order valence-electron chi connectivity index (χ0n) is 7.92. The summed E-state index contributed by atoms with van der Waals surface area (Å²) in [6.45, 7) is 1.07. The van der Waals surface area contributed by atoms with Gasteiger partial charge in [-0.1, -0.05) is 0 Å². The number of hydrogen-bond donors (Lipinski definition) is 1. The summed E-state index contributed by atoms with van der Waals surface area (Å²) in [4.78, 5) is 15.1. The first-order chi connectivity index (χ1) is 7.25. The quantitative estimate of drug-likeness (QED) is 0.668. The summed E-state index contributed by atoms with van der Waals surface area (Å²) in [7, 11) is 0. The molecule has 0 bridgehead atoms. The molecule has 0 atom stereocenters. The van der Waals surface area contributed by atoms with Gasteiger partial charge < -0.3 is 5.11 Å². The highest BCUT2D eigenvalue weighted by molar-refractivity contribution is 6.06. The number of rotatable bonds is 1. The Bertz CT molecular complexity index is 459. The number of aliphatic carboxylic acids is 1. The molecule has 76 valence electrons. The lowest BCUT2D eigenvalue weighted by molar-refractivity contribution is -0.132. The van der Waals surface area contributed by atoms with Crippen LogP contribution in [-0.2, 0) is 4.79 Å². The van der Waals surface area contributed by atoms with E-state index in [0.717, 1.165) is 18.0 Å². The standard InChI is InChI=1S/C10H9N3O2/c14-10(15)7-4-8-6-12-2-1-3-13(12)9(8)11-5-7/h1,3-4,6H,2,5H2,(H,14,15). The number of hydrazine groups is 1. The van der Waals surface area contributed by atoms with E-state index < -0.39 is 5.97 Å². The van der Waals surface area contributed by atoms with E-state index in [-0.39, 0.29) is 6.54 Å². The first-order valence-corrected chi connectivity index (χ1v) is 4.68. The molecular weight excluding hydrogens is 194 g/mol. The summed E-state index contributed by atoms with van der Waals surface area (Å²) >= 11 is 0. The van der Waals surface area contributed by atoms with Gasteiger partial charge in [0.05, 0.1) is 18.7 Å². The fraction of sp³-hybridized carbons (Fsp3) is 0.200. The summed E-state index contributed by atoms with van der Waals surface area (Å²) in [6, 6.07) is 0. The van der Waals surface area contributed by atoms with E-state index >= 15 is 0 Å². The number of carboxylic acid groups (broad SMARTS) is 1. The van der Waals surface area contributed by atoms with Crippen molar-refractivity contribution in [1.29, 1.82) is 0 Å². The van der Waals surface area contributed by atoms with Crippen molar-refractivity contribution < 1.29 is 9.90 Å². The average Bonchev–Trinajstić information content (AvgIpc) is 2.75. The zero-order chi connectivity index (χ0) is 10.4. The van der Waals surface area contributed by atoms with Gasteiger partial charge in [0.25, 0.3) is 0 Å². The van der Waals surface area contributed by atoms with Gasteiger partial charge in [0.15, 0.2) is 5.84 Å². The van der Waals surface area contributed by atoms with E-state index in [1.54, 1.807) is 6.08 Å². The number of hydrogen-bond acceptors (Lipinski definition) is 4. The Kier molecular flexibility index (Phi) is 1.50. The van der Waals surface area contributed by atoms with Crippen molar-refractivity contribution in [3.05, 3.63) is 35.7 Å². The van der Waals surface area contributed by atoms with Crippen LogP contribution in [0.25, 0.3) is 0 Å². The number of amidine groups is 1. The topological polar surface area (TPSA) is 56.1 Å². The van der Waals surface area contributed by atoms with Gasteiger partial charge in [-0.25, -0.2) is 9.80 Å². The maximum Gasteiger partial charge on any atom is 0.333 e. The Balaban J connectivity index is 1.97. The maximum atomic E-state index is 10.8. The summed E-state index contributed by atoms with van der Waals surface area (Å²) in [5.74, 6) is -0.0509. The Hall–Kier alpha value is -2.04. The predicted molar refractivity (Wildman–Crippen MR) is 53.8 cm³/mol. The minimum absolute atomic E-state index is 0.250. The molecule has 1 N–H and O–H groups in total. The Labute approximate surface area is 86.3 Å². The van der Waals surface area contributed by atoms with Crippen LogP contribution in [0.5, 0.6) is 0 Å². The van der Waals surface area contributed by atoms with Crippen LogP contribution in [0.15, 0.2) is 40.7 Å². The highest BCUT2D eigenvalue weighted by atomic mass is 16.4. The molecule has 0 spiro atoms.